The Morgan fingerprint density at radius 1 is 1.40 bits per heavy atom. The fraction of sp³-hybridized carbons (Fsp3) is 0.357. The van der Waals surface area contributed by atoms with Crippen LogP contribution in [0.4, 0.5) is 5.69 Å². The minimum absolute atomic E-state index is 0.186. The number of nitrogens with two attached hydrogens (primary N) is 1. The van der Waals surface area contributed by atoms with Crippen LogP contribution in [0.1, 0.15) is 35.7 Å². The first-order chi connectivity index (χ1) is 9.63. The summed E-state index contributed by atoms with van der Waals surface area (Å²) in [5.41, 5.74) is 8.15. The van der Waals surface area contributed by atoms with E-state index in [1.807, 2.05) is 24.6 Å². The summed E-state index contributed by atoms with van der Waals surface area (Å²) in [7, 11) is 0. The first-order valence-electron chi connectivity index (χ1n) is 6.58. The van der Waals surface area contributed by atoms with Gasteiger partial charge in [-0.2, -0.15) is 5.10 Å². The zero-order chi connectivity index (χ0) is 14.5. The molecule has 0 unspecified atom stereocenters. The van der Waals surface area contributed by atoms with Crippen LogP contribution in [0.2, 0.25) is 0 Å². The van der Waals surface area contributed by atoms with Crippen molar-refractivity contribution in [1.82, 2.24) is 14.8 Å². The van der Waals surface area contributed by atoms with Crippen molar-refractivity contribution in [2.75, 3.05) is 5.73 Å². The molecule has 20 heavy (non-hydrogen) atoms. The number of hydrogen-bond acceptors (Lipinski definition) is 5. The monoisotopic (exact) mass is 274 g/mol. The number of hydrogen-bond donors (Lipinski definition) is 1. The summed E-state index contributed by atoms with van der Waals surface area (Å²) in [6.45, 7) is 4.97. The number of carbonyl (C=O) groups is 1. The number of ether oxygens (including phenoxy) is 1. The normalized spacial score (nSPS) is 10.5. The Hall–Kier alpha value is -2.37. The number of nitrogen functional groups attached to an aromatic ring is 1. The van der Waals surface area contributed by atoms with Gasteiger partial charge in [-0.1, -0.05) is 6.92 Å². The van der Waals surface area contributed by atoms with Crippen LogP contribution in [0.25, 0.3) is 0 Å². The number of nitrogens with zero attached hydrogens (tertiary/aromatic N) is 3. The molecule has 2 aromatic rings. The Morgan fingerprint density at radius 3 is 2.80 bits per heavy atom. The van der Waals surface area contributed by atoms with Crippen LogP contribution in [0.3, 0.4) is 0 Å². The van der Waals surface area contributed by atoms with E-state index in [2.05, 4.69) is 10.1 Å². The van der Waals surface area contributed by atoms with E-state index in [0.29, 0.717) is 5.69 Å². The third-order valence-corrected chi connectivity index (χ3v) is 2.92. The SMILES string of the molecule is CCc1cc(COC(=O)c2ccc(N)cn2)n(CC)n1. The molecular formula is C14H18N4O2. The number of anilines is 1. The Balaban J connectivity index is 2.03. The summed E-state index contributed by atoms with van der Waals surface area (Å²) in [4.78, 5) is 15.8. The molecule has 0 spiro atoms. The lowest BCUT2D eigenvalue weighted by Gasteiger charge is -2.06. The average Bonchev–Trinajstić information content (AvgIpc) is 2.88. The Bertz CT molecular complexity index is 590. The van der Waals surface area contributed by atoms with Crippen molar-refractivity contribution in [3.8, 4) is 0 Å². The number of aromatic nitrogens is 3. The molecule has 106 valence electrons. The average molecular weight is 274 g/mol. The van der Waals surface area contributed by atoms with Crippen LogP contribution in [0.15, 0.2) is 24.4 Å². The number of rotatable bonds is 5. The third-order valence-electron chi connectivity index (χ3n) is 2.92. The van der Waals surface area contributed by atoms with E-state index in [1.165, 1.54) is 6.20 Å². The van der Waals surface area contributed by atoms with Gasteiger partial charge in [-0.15, -0.1) is 0 Å². The fourth-order valence-electron chi connectivity index (χ4n) is 1.82. The minimum atomic E-state index is -0.466. The highest BCUT2D eigenvalue weighted by atomic mass is 16.5. The number of carbonyl (C=O) groups excluding carboxylic acids is 1. The Labute approximate surface area is 117 Å². The van der Waals surface area contributed by atoms with Gasteiger partial charge in [0.05, 0.1) is 23.3 Å². The first-order valence-corrected chi connectivity index (χ1v) is 6.58. The van der Waals surface area contributed by atoms with Crippen molar-refractivity contribution >= 4 is 11.7 Å². The molecule has 0 radical (unpaired) electrons. The fourth-order valence-corrected chi connectivity index (χ4v) is 1.82. The zero-order valence-electron chi connectivity index (χ0n) is 11.7. The maximum absolute atomic E-state index is 11.9. The maximum atomic E-state index is 11.9. The molecule has 0 saturated heterocycles. The van der Waals surface area contributed by atoms with Crippen molar-refractivity contribution in [3.05, 3.63) is 41.5 Å². The lowest BCUT2D eigenvalue weighted by molar-refractivity contribution is 0.0455. The molecule has 2 heterocycles. The molecule has 6 heteroatoms. The van der Waals surface area contributed by atoms with Crippen LogP contribution in [-0.4, -0.2) is 20.7 Å². The molecule has 0 saturated carbocycles. The van der Waals surface area contributed by atoms with Gasteiger partial charge >= 0.3 is 5.97 Å². The highest BCUT2D eigenvalue weighted by molar-refractivity contribution is 5.87. The maximum Gasteiger partial charge on any atom is 0.357 e. The summed E-state index contributed by atoms with van der Waals surface area (Å²) >= 11 is 0. The highest BCUT2D eigenvalue weighted by Gasteiger charge is 2.11. The number of pyridine rings is 1. The summed E-state index contributed by atoms with van der Waals surface area (Å²) in [6, 6.07) is 5.12. The molecule has 0 aliphatic heterocycles. The molecule has 2 N–H and O–H groups in total. The van der Waals surface area contributed by atoms with Crippen LogP contribution < -0.4 is 5.73 Å². The van der Waals surface area contributed by atoms with Gasteiger partial charge < -0.3 is 10.5 Å². The number of aryl methyl sites for hydroxylation is 2. The van der Waals surface area contributed by atoms with Crippen LogP contribution >= 0.6 is 0 Å². The molecule has 0 fully saturated rings. The molecule has 0 aromatic carbocycles. The van der Waals surface area contributed by atoms with Crippen molar-refractivity contribution in [2.45, 2.75) is 33.4 Å². The van der Waals surface area contributed by atoms with Crippen molar-refractivity contribution in [3.63, 3.8) is 0 Å². The Morgan fingerprint density at radius 2 is 2.20 bits per heavy atom. The highest BCUT2D eigenvalue weighted by Crippen LogP contribution is 2.09. The topological polar surface area (TPSA) is 83.0 Å². The minimum Gasteiger partial charge on any atom is -0.454 e. The molecule has 0 bridgehead atoms. The predicted octanol–water partition coefficient (Wildman–Crippen LogP) is 1.80. The van der Waals surface area contributed by atoms with E-state index in [4.69, 9.17) is 10.5 Å². The molecule has 6 nitrogen and oxygen atoms in total. The smallest absolute Gasteiger partial charge is 0.357 e. The summed E-state index contributed by atoms with van der Waals surface area (Å²) in [6.07, 6.45) is 2.29. The van der Waals surface area contributed by atoms with Gasteiger partial charge in [0.15, 0.2) is 0 Å². The largest absolute Gasteiger partial charge is 0.454 e. The van der Waals surface area contributed by atoms with Crippen molar-refractivity contribution in [2.24, 2.45) is 0 Å². The molecule has 0 aliphatic carbocycles. The van der Waals surface area contributed by atoms with Gasteiger partial charge in [0.2, 0.25) is 0 Å². The summed E-state index contributed by atoms with van der Waals surface area (Å²) < 4.78 is 7.09. The Kier molecular flexibility index (Phi) is 4.34. The second-order valence-corrected chi connectivity index (χ2v) is 4.35. The van der Waals surface area contributed by atoms with E-state index in [1.54, 1.807) is 12.1 Å². The molecule has 2 aromatic heterocycles. The molecule has 0 aliphatic rings. The van der Waals surface area contributed by atoms with Crippen LogP contribution in [0, 0.1) is 0 Å². The lowest BCUT2D eigenvalue weighted by atomic mass is 10.3. The third kappa shape index (κ3) is 3.14. The zero-order valence-corrected chi connectivity index (χ0v) is 11.7. The van der Waals surface area contributed by atoms with Gasteiger partial charge in [-0.05, 0) is 31.5 Å². The number of esters is 1. The standard InChI is InChI=1S/C14H18N4O2/c1-3-11-7-12(18(4-2)17-11)9-20-14(19)13-6-5-10(15)8-16-13/h5-8H,3-4,9,15H2,1-2H3. The predicted molar refractivity (Wildman–Crippen MR) is 75.0 cm³/mol. The van der Waals surface area contributed by atoms with Gasteiger partial charge in [0, 0.05) is 6.54 Å². The summed E-state index contributed by atoms with van der Waals surface area (Å²) in [5, 5.41) is 4.40. The van der Waals surface area contributed by atoms with Crippen LogP contribution in [-0.2, 0) is 24.3 Å². The van der Waals surface area contributed by atoms with Gasteiger partial charge in [0.1, 0.15) is 12.3 Å². The molecule has 0 amide bonds. The van der Waals surface area contributed by atoms with Crippen molar-refractivity contribution in [1.29, 1.82) is 0 Å². The lowest BCUT2D eigenvalue weighted by Crippen LogP contribution is -2.10. The second-order valence-electron chi connectivity index (χ2n) is 4.35. The molecule has 0 atom stereocenters. The van der Waals surface area contributed by atoms with Gasteiger partial charge in [-0.25, -0.2) is 9.78 Å². The van der Waals surface area contributed by atoms with Crippen molar-refractivity contribution < 1.29 is 9.53 Å². The van der Waals surface area contributed by atoms with E-state index in [0.717, 1.165) is 24.4 Å². The summed E-state index contributed by atoms with van der Waals surface area (Å²) in [5.74, 6) is -0.466. The molecule has 2 rings (SSSR count). The van der Waals surface area contributed by atoms with Gasteiger partial charge in [0.25, 0.3) is 0 Å². The van der Waals surface area contributed by atoms with E-state index < -0.39 is 5.97 Å². The first kappa shape index (κ1) is 14.0. The van der Waals surface area contributed by atoms with E-state index in [9.17, 15) is 4.79 Å². The quantitative estimate of drug-likeness (QED) is 0.840. The molecular weight excluding hydrogens is 256 g/mol. The van der Waals surface area contributed by atoms with Gasteiger partial charge in [-0.3, -0.25) is 4.68 Å². The van der Waals surface area contributed by atoms with Crippen LogP contribution in [0.5, 0.6) is 0 Å². The van der Waals surface area contributed by atoms with E-state index in [-0.39, 0.29) is 12.3 Å². The second kappa shape index (κ2) is 6.18. The van der Waals surface area contributed by atoms with E-state index >= 15 is 0 Å².